The van der Waals surface area contributed by atoms with Crippen LogP contribution < -0.4 is 0 Å². The van der Waals surface area contributed by atoms with Crippen LogP contribution in [0.25, 0.3) is 10.8 Å². The molecule has 0 N–H and O–H groups in total. The lowest BCUT2D eigenvalue weighted by atomic mass is 9.78. The van der Waals surface area contributed by atoms with Gasteiger partial charge in [-0.2, -0.15) is 0 Å². The van der Waals surface area contributed by atoms with E-state index in [0.29, 0.717) is 0 Å². The third kappa shape index (κ3) is 2.51. The molecule has 0 unspecified atom stereocenters. The maximum atomic E-state index is 2.56. The molecule has 4 aromatic carbocycles. The van der Waals surface area contributed by atoms with Gasteiger partial charge in [-0.15, -0.1) is 0 Å². The molecule has 4 aromatic rings. The number of hydrogen-bond acceptors (Lipinski definition) is 1. The number of aryl methyl sites for hydroxylation is 2. The molecule has 1 nitrogen and oxygen atoms in total. The molecule has 5 rings (SSSR count). The van der Waals surface area contributed by atoms with E-state index in [-0.39, 0.29) is 12.1 Å². The zero-order chi connectivity index (χ0) is 19.3. The largest absolute Gasteiger partial charge is 0.284 e. The van der Waals surface area contributed by atoms with Gasteiger partial charge in [0.15, 0.2) is 0 Å². The third-order valence-corrected chi connectivity index (χ3v) is 6.29. The Balaban J connectivity index is 1.90. The van der Waals surface area contributed by atoms with Crippen LogP contribution in [0, 0.1) is 13.8 Å². The molecule has 0 fully saturated rings. The normalized spacial score (nSPS) is 19.1. The average molecular weight is 364 g/mol. The molecule has 0 spiro atoms. The summed E-state index contributed by atoms with van der Waals surface area (Å²) in [6, 6.07) is 31.5. The highest BCUT2D eigenvalue weighted by atomic mass is 15.2. The highest BCUT2D eigenvalue weighted by Gasteiger charge is 2.36. The Morgan fingerprint density at radius 1 is 0.571 bits per heavy atom. The van der Waals surface area contributed by atoms with Gasteiger partial charge in [0, 0.05) is 0 Å². The summed E-state index contributed by atoms with van der Waals surface area (Å²) in [7, 11) is 2.28. The second-order valence-electron chi connectivity index (χ2n) is 7.98. The molecule has 2 atom stereocenters. The summed E-state index contributed by atoms with van der Waals surface area (Å²) in [4.78, 5) is 2.56. The van der Waals surface area contributed by atoms with Gasteiger partial charge in [0.1, 0.15) is 0 Å². The van der Waals surface area contributed by atoms with Crippen LogP contribution in [0.5, 0.6) is 0 Å². The third-order valence-electron chi connectivity index (χ3n) is 6.29. The Bertz CT molecular complexity index is 1060. The monoisotopic (exact) mass is 363 g/mol. The molecule has 0 aliphatic carbocycles. The molecule has 1 aliphatic heterocycles. The highest BCUT2D eigenvalue weighted by Crippen LogP contribution is 2.49. The van der Waals surface area contributed by atoms with Gasteiger partial charge in [0.05, 0.1) is 12.1 Å². The predicted octanol–water partition coefficient (Wildman–Crippen LogP) is 6.58. The summed E-state index contributed by atoms with van der Waals surface area (Å²) in [6.07, 6.45) is 0. The molecule has 28 heavy (non-hydrogen) atoms. The zero-order valence-electron chi connectivity index (χ0n) is 16.7. The van der Waals surface area contributed by atoms with Crippen molar-refractivity contribution in [3.05, 3.63) is 118 Å². The number of hydrogen-bond donors (Lipinski definition) is 0. The Labute approximate surface area is 167 Å². The Morgan fingerprint density at radius 3 is 1.43 bits per heavy atom. The van der Waals surface area contributed by atoms with Crippen molar-refractivity contribution in [2.24, 2.45) is 0 Å². The Hall–Kier alpha value is -2.90. The first kappa shape index (κ1) is 17.2. The van der Waals surface area contributed by atoms with E-state index in [9.17, 15) is 0 Å². The van der Waals surface area contributed by atoms with Crippen LogP contribution >= 0.6 is 0 Å². The van der Waals surface area contributed by atoms with Gasteiger partial charge < -0.3 is 0 Å². The standard InChI is InChI=1S/C27H25N/c1-18-14-16-20-17-15-19(2)24-25(20)23(18)26(21-10-6-4-7-11-21)28(3)27(24)22-12-8-5-9-13-22/h4-17,26-27H,1-3H3/t26-,27-/m1/s1. The highest BCUT2D eigenvalue weighted by molar-refractivity contribution is 5.93. The summed E-state index contributed by atoms with van der Waals surface area (Å²) in [5.41, 5.74) is 8.36. The minimum atomic E-state index is 0.240. The van der Waals surface area contributed by atoms with Crippen LogP contribution in [0.2, 0.25) is 0 Å². The minimum absolute atomic E-state index is 0.240. The number of benzene rings is 4. The summed E-state index contributed by atoms with van der Waals surface area (Å²) in [5, 5.41) is 2.79. The van der Waals surface area contributed by atoms with Gasteiger partial charge in [0.2, 0.25) is 0 Å². The van der Waals surface area contributed by atoms with Crippen molar-refractivity contribution in [1.29, 1.82) is 0 Å². The van der Waals surface area contributed by atoms with Crippen LogP contribution in [-0.2, 0) is 0 Å². The van der Waals surface area contributed by atoms with E-state index < -0.39 is 0 Å². The molecule has 0 bridgehead atoms. The smallest absolute Gasteiger partial charge is 0.0616 e. The summed E-state index contributed by atoms with van der Waals surface area (Å²) >= 11 is 0. The van der Waals surface area contributed by atoms with E-state index in [1.54, 1.807) is 0 Å². The van der Waals surface area contributed by atoms with E-state index in [1.165, 1.54) is 44.2 Å². The van der Waals surface area contributed by atoms with E-state index in [1.807, 2.05) is 0 Å². The zero-order valence-corrected chi connectivity index (χ0v) is 16.7. The second kappa shape index (κ2) is 6.61. The number of rotatable bonds is 2. The topological polar surface area (TPSA) is 3.24 Å². The first-order chi connectivity index (χ1) is 13.7. The molecule has 0 saturated carbocycles. The van der Waals surface area contributed by atoms with Crippen molar-refractivity contribution in [2.45, 2.75) is 25.9 Å². The molecule has 0 saturated heterocycles. The first-order valence-electron chi connectivity index (χ1n) is 10.0. The Kier molecular flexibility index (Phi) is 4.07. The summed E-state index contributed by atoms with van der Waals surface area (Å²) in [6.45, 7) is 4.51. The SMILES string of the molecule is Cc1ccc2ccc(C)c3c2c1[C@@H](c1ccccc1)N(C)[C@@H]3c1ccccc1. The number of nitrogens with zero attached hydrogens (tertiary/aromatic N) is 1. The predicted molar refractivity (Wildman–Crippen MR) is 118 cm³/mol. The van der Waals surface area contributed by atoms with Crippen molar-refractivity contribution in [3.63, 3.8) is 0 Å². The molecule has 1 heteroatoms. The van der Waals surface area contributed by atoms with Crippen LogP contribution in [0.4, 0.5) is 0 Å². The van der Waals surface area contributed by atoms with Crippen molar-refractivity contribution < 1.29 is 0 Å². The quantitative estimate of drug-likeness (QED) is 0.389. The molecular weight excluding hydrogens is 338 g/mol. The second-order valence-corrected chi connectivity index (χ2v) is 7.98. The van der Waals surface area contributed by atoms with Crippen molar-refractivity contribution in [2.75, 3.05) is 7.05 Å². The Morgan fingerprint density at radius 2 is 1.00 bits per heavy atom. The molecule has 0 aromatic heterocycles. The van der Waals surface area contributed by atoms with Gasteiger partial charge in [-0.3, -0.25) is 4.90 Å². The fraction of sp³-hybridized carbons (Fsp3) is 0.185. The van der Waals surface area contributed by atoms with Crippen molar-refractivity contribution >= 4 is 10.8 Å². The fourth-order valence-corrected chi connectivity index (χ4v) is 5.02. The van der Waals surface area contributed by atoms with Crippen LogP contribution in [0.3, 0.4) is 0 Å². The molecule has 0 radical (unpaired) electrons. The first-order valence-corrected chi connectivity index (χ1v) is 10.0. The molecular formula is C27H25N. The minimum Gasteiger partial charge on any atom is -0.284 e. The van der Waals surface area contributed by atoms with E-state index >= 15 is 0 Å². The van der Waals surface area contributed by atoms with Gasteiger partial charge in [0.25, 0.3) is 0 Å². The lowest BCUT2D eigenvalue weighted by Crippen LogP contribution is -2.35. The average Bonchev–Trinajstić information content (AvgIpc) is 2.73. The van der Waals surface area contributed by atoms with Crippen molar-refractivity contribution in [1.82, 2.24) is 4.90 Å². The van der Waals surface area contributed by atoms with E-state index in [4.69, 9.17) is 0 Å². The molecule has 0 amide bonds. The van der Waals surface area contributed by atoms with Crippen LogP contribution in [-0.4, -0.2) is 11.9 Å². The summed E-state index contributed by atoms with van der Waals surface area (Å²) in [5.74, 6) is 0. The molecule has 138 valence electrons. The van der Waals surface area contributed by atoms with E-state index in [2.05, 4.69) is 111 Å². The van der Waals surface area contributed by atoms with Gasteiger partial charge in [-0.25, -0.2) is 0 Å². The lowest BCUT2D eigenvalue weighted by molar-refractivity contribution is 0.222. The fourth-order valence-electron chi connectivity index (χ4n) is 5.02. The van der Waals surface area contributed by atoms with Gasteiger partial charge in [-0.1, -0.05) is 84.9 Å². The van der Waals surface area contributed by atoms with Gasteiger partial charge >= 0.3 is 0 Å². The maximum Gasteiger partial charge on any atom is 0.0616 e. The summed E-state index contributed by atoms with van der Waals surface area (Å²) < 4.78 is 0. The molecule has 1 heterocycles. The van der Waals surface area contributed by atoms with Crippen LogP contribution in [0.1, 0.15) is 45.5 Å². The molecule has 1 aliphatic rings. The van der Waals surface area contributed by atoms with Crippen LogP contribution in [0.15, 0.2) is 84.9 Å². The van der Waals surface area contributed by atoms with Gasteiger partial charge in [-0.05, 0) is 65.0 Å². The maximum absolute atomic E-state index is 2.56. The lowest BCUT2D eigenvalue weighted by Gasteiger charge is -2.43. The van der Waals surface area contributed by atoms with Crippen molar-refractivity contribution in [3.8, 4) is 0 Å². The van der Waals surface area contributed by atoms with E-state index in [0.717, 1.165) is 0 Å².